The number of rotatable bonds is 4. The normalized spacial score (nSPS) is 19.4. The molecular formula is C17H25NO2S. The van der Waals surface area contributed by atoms with Gasteiger partial charge < -0.3 is 10.0 Å². The van der Waals surface area contributed by atoms with Crippen LogP contribution in [0, 0.1) is 13.8 Å². The lowest BCUT2D eigenvalue weighted by atomic mass is 10.1. The van der Waals surface area contributed by atoms with Crippen LogP contribution in [0.5, 0.6) is 0 Å². The second-order valence-electron chi connectivity index (χ2n) is 5.83. The van der Waals surface area contributed by atoms with Crippen molar-refractivity contribution in [1.82, 2.24) is 4.90 Å². The van der Waals surface area contributed by atoms with E-state index in [9.17, 15) is 9.90 Å². The quantitative estimate of drug-likeness (QED) is 0.869. The maximum Gasteiger partial charge on any atom is 0.233 e. The minimum absolute atomic E-state index is 0.0132. The van der Waals surface area contributed by atoms with Crippen LogP contribution in [-0.2, 0) is 4.79 Å². The summed E-state index contributed by atoms with van der Waals surface area (Å²) in [6, 6.07) is 6.35. The molecule has 0 spiro atoms. The van der Waals surface area contributed by atoms with E-state index in [1.165, 1.54) is 16.0 Å². The van der Waals surface area contributed by atoms with Gasteiger partial charge in [0.25, 0.3) is 0 Å². The summed E-state index contributed by atoms with van der Waals surface area (Å²) in [4.78, 5) is 15.6. The van der Waals surface area contributed by atoms with Gasteiger partial charge in [0, 0.05) is 11.4 Å². The molecule has 1 aromatic rings. The topological polar surface area (TPSA) is 40.5 Å². The summed E-state index contributed by atoms with van der Waals surface area (Å²) in [5, 5.41) is 9.50. The molecule has 1 aliphatic rings. The first kappa shape index (κ1) is 16.4. The third-order valence-corrected chi connectivity index (χ3v) is 5.25. The molecule has 1 unspecified atom stereocenters. The smallest absolute Gasteiger partial charge is 0.233 e. The first-order chi connectivity index (χ1) is 10.1. The minimum Gasteiger partial charge on any atom is -0.394 e. The summed E-state index contributed by atoms with van der Waals surface area (Å²) in [5.74, 6) is 0.614. The number of aliphatic hydroxyl groups is 1. The number of carbonyl (C=O) groups excluding carboxylic acids is 1. The molecule has 1 heterocycles. The molecule has 0 bridgehead atoms. The Labute approximate surface area is 131 Å². The molecular weight excluding hydrogens is 282 g/mol. The summed E-state index contributed by atoms with van der Waals surface area (Å²) >= 11 is 1.61. The van der Waals surface area contributed by atoms with Crippen LogP contribution in [0.25, 0.3) is 0 Å². The van der Waals surface area contributed by atoms with E-state index in [4.69, 9.17) is 0 Å². The van der Waals surface area contributed by atoms with Gasteiger partial charge >= 0.3 is 0 Å². The Morgan fingerprint density at radius 2 is 2.14 bits per heavy atom. The van der Waals surface area contributed by atoms with Gasteiger partial charge in [-0.25, -0.2) is 0 Å². The van der Waals surface area contributed by atoms with Gasteiger partial charge in [0.1, 0.15) is 0 Å². The van der Waals surface area contributed by atoms with Gasteiger partial charge in [-0.2, -0.15) is 0 Å². The van der Waals surface area contributed by atoms with Gasteiger partial charge in [0.05, 0.1) is 18.4 Å². The van der Waals surface area contributed by atoms with Crippen molar-refractivity contribution in [3.8, 4) is 0 Å². The summed E-state index contributed by atoms with van der Waals surface area (Å²) in [6.45, 7) is 5.02. The number of amides is 1. The van der Waals surface area contributed by atoms with Crippen LogP contribution in [0.2, 0.25) is 0 Å². The molecule has 4 heteroatoms. The number of carbonyl (C=O) groups is 1. The van der Waals surface area contributed by atoms with Crippen molar-refractivity contribution in [2.45, 2.75) is 50.5 Å². The van der Waals surface area contributed by atoms with Gasteiger partial charge in [-0.3, -0.25) is 4.79 Å². The Morgan fingerprint density at radius 1 is 1.33 bits per heavy atom. The van der Waals surface area contributed by atoms with Crippen LogP contribution >= 0.6 is 11.8 Å². The molecule has 0 aliphatic carbocycles. The molecule has 1 aliphatic heterocycles. The monoisotopic (exact) mass is 307 g/mol. The summed E-state index contributed by atoms with van der Waals surface area (Å²) < 4.78 is 0. The highest BCUT2D eigenvalue weighted by atomic mass is 32.2. The van der Waals surface area contributed by atoms with Crippen molar-refractivity contribution < 1.29 is 9.90 Å². The van der Waals surface area contributed by atoms with Gasteiger partial charge in [0.15, 0.2) is 0 Å². The lowest BCUT2D eigenvalue weighted by Gasteiger charge is -2.28. The minimum atomic E-state index is 0.0132. The van der Waals surface area contributed by atoms with E-state index in [1.807, 2.05) is 4.90 Å². The molecule has 1 atom stereocenters. The average Bonchev–Trinajstić information content (AvgIpc) is 2.73. The van der Waals surface area contributed by atoms with Gasteiger partial charge in [-0.1, -0.05) is 30.5 Å². The third-order valence-electron chi connectivity index (χ3n) is 4.10. The van der Waals surface area contributed by atoms with E-state index in [1.54, 1.807) is 11.8 Å². The Balaban J connectivity index is 1.98. The molecule has 2 rings (SSSR count). The fraction of sp³-hybridized carbons (Fsp3) is 0.588. The summed E-state index contributed by atoms with van der Waals surface area (Å²) in [5.41, 5.74) is 2.44. The van der Waals surface area contributed by atoms with Crippen LogP contribution < -0.4 is 0 Å². The van der Waals surface area contributed by atoms with Crippen molar-refractivity contribution in [3.63, 3.8) is 0 Å². The maximum atomic E-state index is 12.5. The Kier molecular flexibility index (Phi) is 6.12. The molecule has 1 N–H and O–H groups in total. The highest BCUT2D eigenvalue weighted by molar-refractivity contribution is 8.00. The van der Waals surface area contributed by atoms with Crippen LogP contribution in [0.15, 0.2) is 23.1 Å². The van der Waals surface area contributed by atoms with E-state index < -0.39 is 0 Å². The fourth-order valence-corrected chi connectivity index (χ4v) is 3.79. The summed E-state index contributed by atoms with van der Waals surface area (Å²) in [7, 11) is 0. The number of aryl methyl sites for hydroxylation is 2. The van der Waals surface area contributed by atoms with Gasteiger partial charge in [-0.05, 0) is 38.3 Å². The molecule has 0 aromatic heterocycles. The van der Waals surface area contributed by atoms with Gasteiger partial charge in [-0.15, -0.1) is 11.8 Å². The zero-order chi connectivity index (χ0) is 15.2. The number of hydrogen-bond acceptors (Lipinski definition) is 3. The van der Waals surface area contributed by atoms with E-state index in [0.717, 1.165) is 32.2 Å². The Morgan fingerprint density at radius 3 is 2.90 bits per heavy atom. The molecule has 1 amide bonds. The molecule has 116 valence electrons. The van der Waals surface area contributed by atoms with Crippen molar-refractivity contribution >= 4 is 17.7 Å². The SMILES string of the molecule is Cc1ccc(C)c(SCC(=O)N2CCCCCC2CO)c1. The van der Waals surface area contributed by atoms with Crippen molar-refractivity contribution in [1.29, 1.82) is 0 Å². The Hall–Kier alpha value is -1.00. The molecule has 0 saturated carbocycles. The Bertz CT molecular complexity index is 490. The molecule has 1 fully saturated rings. The first-order valence-corrected chi connectivity index (χ1v) is 8.70. The second-order valence-corrected chi connectivity index (χ2v) is 6.85. The largest absolute Gasteiger partial charge is 0.394 e. The number of benzene rings is 1. The zero-order valence-electron chi connectivity index (χ0n) is 13.0. The van der Waals surface area contributed by atoms with E-state index in [2.05, 4.69) is 32.0 Å². The molecule has 1 aromatic carbocycles. The molecule has 21 heavy (non-hydrogen) atoms. The lowest BCUT2D eigenvalue weighted by molar-refractivity contribution is -0.131. The van der Waals surface area contributed by atoms with E-state index >= 15 is 0 Å². The highest BCUT2D eigenvalue weighted by Crippen LogP contribution is 2.25. The maximum absolute atomic E-state index is 12.5. The highest BCUT2D eigenvalue weighted by Gasteiger charge is 2.24. The van der Waals surface area contributed by atoms with Crippen LogP contribution in [0.1, 0.15) is 36.8 Å². The number of likely N-dealkylation sites (tertiary alicyclic amines) is 1. The number of hydrogen-bond donors (Lipinski definition) is 1. The molecule has 0 radical (unpaired) electrons. The van der Waals surface area contributed by atoms with Crippen molar-refractivity contribution in [2.24, 2.45) is 0 Å². The predicted molar refractivity (Wildman–Crippen MR) is 87.7 cm³/mol. The van der Waals surface area contributed by atoms with Crippen LogP contribution in [0.4, 0.5) is 0 Å². The lowest BCUT2D eigenvalue weighted by Crippen LogP contribution is -2.43. The van der Waals surface area contributed by atoms with Crippen LogP contribution in [-0.4, -0.2) is 40.9 Å². The first-order valence-electron chi connectivity index (χ1n) is 7.72. The average molecular weight is 307 g/mol. The molecule has 3 nitrogen and oxygen atoms in total. The van der Waals surface area contributed by atoms with Gasteiger partial charge in [0.2, 0.25) is 5.91 Å². The van der Waals surface area contributed by atoms with Crippen molar-refractivity contribution in [2.75, 3.05) is 18.9 Å². The van der Waals surface area contributed by atoms with Crippen LogP contribution in [0.3, 0.4) is 0 Å². The van der Waals surface area contributed by atoms with E-state index in [0.29, 0.717) is 5.75 Å². The molecule has 1 saturated heterocycles. The summed E-state index contributed by atoms with van der Waals surface area (Å²) in [6.07, 6.45) is 4.25. The number of nitrogens with zero attached hydrogens (tertiary/aromatic N) is 1. The third kappa shape index (κ3) is 4.48. The predicted octanol–water partition coefficient (Wildman–Crippen LogP) is 3.16. The number of thioether (sulfide) groups is 1. The second kappa shape index (κ2) is 7.85. The zero-order valence-corrected chi connectivity index (χ0v) is 13.8. The van der Waals surface area contributed by atoms with Crippen molar-refractivity contribution in [3.05, 3.63) is 29.3 Å². The number of aliphatic hydroxyl groups excluding tert-OH is 1. The van der Waals surface area contributed by atoms with E-state index in [-0.39, 0.29) is 18.6 Å². The standard InChI is InChI=1S/C17H25NO2S/c1-13-7-8-14(2)16(10-13)21-12-17(20)18-9-5-3-4-6-15(18)11-19/h7-8,10,15,19H,3-6,9,11-12H2,1-2H3. The fourth-order valence-electron chi connectivity index (χ4n) is 2.78.